The van der Waals surface area contributed by atoms with Crippen LogP contribution >= 0.6 is 0 Å². The highest BCUT2D eigenvalue weighted by Gasteiger charge is 2.40. The van der Waals surface area contributed by atoms with E-state index in [-0.39, 0.29) is 50.5 Å². The highest BCUT2D eigenvalue weighted by atomic mass is 16.4. The van der Waals surface area contributed by atoms with E-state index in [1.54, 1.807) is 20.0 Å². The maximum Gasteiger partial charge on any atom is 0.326 e. The number of fused-ring (bicyclic) bond motifs is 1. The average Bonchev–Trinajstić information content (AvgIpc) is 3.83. The second-order valence-electron chi connectivity index (χ2n) is 16.1. The van der Waals surface area contributed by atoms with Crippen molar-refractivity contribution in [3.8, 4) is 0 Å². The molecule has 0 unspecified atom stereocenters. The summed E-state index contributed by atoms with van der Waals surface area (Å²) in [6, 6.07) is -2.09. The molecule has 1 aromatic carbocycles. The third-order valence-electron chi connectivity index (χ3n) is 10.1. The standard InChI is InChI=1S/C40H61N9O11/c1-20(2)15-25(41)34(53)45-28(17-23-18-43-26-10-7-6-9-24(23)26)36(55)48-33(22(5)51)38(57)47-30(19-50)39(58)49-14-8-11-31(49)37(56)44-27(12-13-32(42)52)35(54)46-29(40(59)60)16-21(3)4/h6-7,9-10,18,20-22,25,27-31,33,43,50-51H,8,11-17,19,41H2,1-5H3,(H2,42,52)(H,44,56)(H,45,53)(H,46,54)(H,47,57)(H,48,55)(H,59,60)/t22-,25+,27+,28+,29+,30+,31+,33+/m1/s1. The Bertz CT molecular complexity index is 1850. The zero-order valence-electron chi connectivity index (χ0n) is 34.7. The van der Waals surface area contributed by atoms with Crippen LogP contribution in [0.25, 0.3) is 10.9 Å². The molecule has 2 aromatic rings. The first-order valence-corrected chi connectivity index (χ1v) is 20.2. The number of carboxylic acids is 1. The summed E-state index contributed by atoms with van der Waals surface area (Å²) in [7, 11) is 0. The molecule has 0 radical (unpaired) electrons. The van der Waals surface area contributed by atoms with Crippen molar-refractivity contribution in [2.75, 3.05) is 13.2 Å². The number of aliphatic hydroxyl groups is 2. The number of aliphatic hydroxyl groups excluding tert-OH is 2. The fourth-order valence-electron chi connectivity index (χ4n) is 7.02. The van der Waals surface area contributed by atoms with Gasteiger partial charge in [0.1, 0.15) is 36.3 Å². The molecular formula is C40H61N9O11. The van der Waals surface area contributed by atoms with Crippen molar-refractivity contribution in [1.29, 1.82) is 0 Å². The Morgan fingerprint density at radius 1 is 0.817 bits per heavy atom. The van der Waals surface area contributed by atoms with E-state index in [9.17, 15) is 53.7 Å². The molecular weight excluding hydrogens is 782 g/mol. The molecule has 1 fully saturated rings. The number of carbonyl (C=O) groups excluding carboxylic acids is 7. The summed E-state index contributed by atoms with van der Waals surface area (Å²) in [6.07, 6.45) is 0.400. The Hall–Kier alpha value is -5.60. The highest BCUT2D eigenvalue weighted by molar-refractivity contribution is 5.98. The predicted octanol–water partition coefficient (Wildman–Crippen LogP) is -1.73. The Balaban J connectivity index is 1.77. The molecule has 60 heavy (non-hydrogen) atoms. The highest BCUT2D eigenvalue weighted by Crippen LogP contribution is 2.21. The van der Waals surface area contributed by atoms with Gasteiger partial charge in [-0.15, -0.1) is 0 Å². The first-order valence-electron chi connectivity index (χ1n) is 20.2. The third-order valence-corrected chi connectivity index (χ3v) is 10.1. The number of primary amides is 1. The van der Waals surface area contributed by atoms with Crippen molar-refractivity contribution in [3.05, 3.63) is 36.0 Å². The Morgan fingerprint density at radius 3 is 2.03 bits per heavy atom. The number of hydrogen-bond acceptors (Lipinski definition) is 11. The van der Waals surface area contributed by atoms with E-state index in [0.717, 1.165) is 15.8 Å². The van der Waals surface area contributed by atoms with Gasteiger partial charge in [0.05, 0.1) is 18.8 Å². The second kappa shape index (κ2) is 22.7. The van der Waals surface area contributed by atoms with Crippen LogP contribution < -0.4 is 38.1 Å². The van der Waals surface area contributed by atoms with Crippen LogP contribution in [-0.2, 0) is 44.8 Å². The molecule has 0 bridgehead atoms. The number of aliphatic carboxylic acids is 1. The first-order chi connectivity index (χ1) is 28.2. The Kier molecular flexibility index (Phi) is 18.4. The lowest BCUT2D eigenvalue weighted by Gasteiger charge is -2.31. The van der Waals surface area contributed by atoms with Crippen LogP contribution in [0.4, 0.5) is 0 Å². The minimum absolute atomic E-state index is 0.0155. The summed E-state index contributed by atoms with van der Waals surface area (Å²) in [5, 5.41) is 43.7. The SMILES string of the molecule is CC(C)C[C@H](NC(=O)[C@H](CCC(N)=O)NC(=O)[C@@H]1CCCN1C(=O)[C@H](CO)NC(=O)[C@@H](NC(=O)[C@H](Cc1c[nH]c2ccccc12)NC(=O)[C@@H](N)CC(C)C)[C@@H](C)O)C(=O)O. The van der Waals surface area contributed by atoms with Gasteiger partial charge in [0.2, 0.25) is 41.4 Å². The van der Waals surface area contributed by atoms with E-state index in [4.69, 9.17) is 11.5 Å². The minimum atomic E-state index is -1.68. The summed E-state index contributed by atoms with van der Waals surface area (Å²) < 4.78 is 0. The lowest BCUT2D eigenvalue weighted by molar-refractivity contribution is -0.144. The van der Waals surface area contributed by atoms with Crippen LogP contribution in [-0.4, -0.2) is 134 Å². The zero-order chi connectivity index (χ0) is 44.8. The lowest BCUT2D eigenvalue weighted by atomic mass is 10.0. The fraction of sp³-hybridized carbons (Fsp3) is 0.600. The molecule has 1 aromatic heterocycles. The maximum absolute atomic E-state index is 13.9. The molecule has 13 N–H and O–H groups in total. The van der Waals surface area contributed by atoms with Gasteiger partial charge in [-0.25, -0.2) is 4.79 Å². The van der Waals surface area contributed by atoms with Gasteiger partial charge in [-0.3, -0.25) is 33.6 Å². The quantitative estimate of drug-likeness (QED) is 0.0595. The second-order valence-corrected chi connectivity index (χ2v) is 16.1. The number of nitrogens with two attached hydrogens (primary N) is 2. The van der Waals surface area contributed by atoms with Crippen LogP contribution in [0.5, 0.6) is 0 Å². The smallest absolute Gasteiger partial charge is 0.326 e. The van der Waals surface area contributed by atoms with Crippen LogP contribution in [0.15, 0.2) is 30.5 Å². The molecule has 8 atom stereocenters. The fourth-order valence-corrected chi connectivity index (χ4v) is 7.02. The number of nitrogens with zero attached hydrogens (tertiary/aromatic N) is 1. The van der Waals surface area contributed by atoms with Crippen molar-refractivity contribution >= 4 is 58.2 Å². The van der Waals surface area contributed by atoms with E-state index in [1.165, 1.54) is 6.92 Å². The van der Waals surface area contributed by atoms with Crippen LogP contribution in [0, 0.1) is 11.8 Å². The molecule has 332 valence electrons. The van der Waals surface area contributed by atoms with Crippen molar-refractivity contribution in [2.24, 2.45) is 23.3 Å². The van der Waals surface area contributed by atoms with E-state index in [2.05, 4.69) is 31.6 Å². The number of amides is 7. The number of carbonyl (C=O) groups is 8. The number of likely N-dealkylation sites (tertiary alicyclic amines) is 1. The van der Waals surface area contributed by atoms with Crippen LogP contribution in [0.3, 0.4) is 0 Å². The summed E-state index contributed by atoms with van der Waals surface area (Å²) >= 11 is 0. The van der Waals surface area contributed by atoms with Crippen molar-refractivity contribution in [2.45, 2.75) is 128 Å². The van der Waals surface area contributed by atoms with Gasteiger partial charge in [0, 0.05) is 36.5 Å². The van der Waals surface area contributed by atoms with Gasteiger partial charge in [-0.1, -0.05) is 45.9 Å². The third kappa shape index (κ3) is 14.0. The molecule has 1 aliphatic heterocycles. The van der Waals surface area contributed by atoms with Crippen LogP contribution in [0.1, 0.15) is 78.7 Å². The summed E-state index contributed by atoms with van der Waals surface area (Å²) in [4.78, 5) is 109. The first kappa shape index (κ1) is 48.8. The minimum Gasteiger partial charge on any atom is -0.480 e. The predicted molar refractivity (Wildman–Crippen MR) is 218 cm³/mol. The monoisotopic (exact) mass is 843 g/mol. The lowest BCUT2D eigenvalue weighted by Crippen LogP contribution is -2.62. The van der Waals surface area contributed by atoms with Gasteiger partial charge in [-0.2, -0.15) is 0 Å². The Labute approximate surface area is 348 Å². The number of H-pyrrole nitrogens is 1. The van der Waals surface area contributed by atoms with E-state index >= 15 is 0 Å². The van der Waals surface area contributed by atoms with Gasteiger partial charge in [-0.05, 0) is 62.5 Å². The number of aromatic nitrogens is 1. The number of rotatable bonds is 23. The summed E-state index contributed by atoms with van der Waals surface area (Å²) in [6.45, 7) is 7.59. The molecule has 20 nitrogen and oxygen atoms in total. The van der Waals surface area contributed by atoms with Gasteiger partial charge in [0.15, 0.2) is 0 Å². The van der Waals surface area contributed by atoms with Gasteiger partial charge >= 0.3 is 5.97 Å². The number of aromatic amines is 1. The molecule has 1 aliphatic rings. The number of para-hydroxylation sites is 1. The molecule has 3 rings (SSSR count). The molecule has 2 heterocycles. The van der Waals surface area contributed by atoms with E-state index < -0.39 is 102 Å². The molecule has 0 spiro atoms. The van der Waals surface area contributed by atoms with Crippen molar-refractivity contribution in [3.63, 3.8) is 0 Å². The van der Waals surface area contributed by atoms with Gasteiger partial charge in [0.25, 0.3) is 0 Å². The van der Waals surface area contributed by atoms with E-state index in [0.29, 0.717) is 18.4 Å². The molecule has 0 saturated carbocycles. The number of carboxylic acid groups (broad SMARTS) is 1. The number of hydrogen-bond donors (Lipinski definition) is 11. The topological polar surface area (TPSA) is 328 Å². The average molecular weight is 844 g/mol. The van der Waals surface area contributed by atoms with Crippen LogP contribution in [0.2, 0.25) is 0 Å². The summed E-state index contributed by atoms with van der Waals surface area (Å²) in [5.74, 6) is -7.17. The molecule has 1 saturated heterocycles. The van der Waals surface area contributed by atoms with E-state index in [1.807, 2.05) is 38.1 Å². The number of benzene rings is 1. The van der Waals surface area contributed by atoms with Crippen molar-refractivity contribution < 1.29 is 53.7 Å². The largest absolute Gasteiger partial charge is 0.480 e. The zero-order valence-corrected chi connectivity index (χ0v) is 34.7. The molecule has 20 heteroatoms. The summed E-state index contributed by atoms with van der Waals surface area (Å²) in [5.41, 5.74) is 12.9. The van der Waals surface area contributed by atoms with Crippen molar-refractivity contribution in [1.82, 2.24) is 36.5 Å². The maximum atomic E-state index is 13.9. The molecule has 0 aliphatic carbocycles. The molecule has 7 amide bonds. The van der Waals surface area contributed by atoms with Gasteiger partial charge < -0.3 is 63.3 Å². The number of nitrogens with one attached hydrogen (secondary N) is 6. The normalized spacial score (nSPS) is 17.5. The Morgan fingerprint density at radius 2 is 1.43 bits per heavy atom.